The first-order chi connectivity index (χ1) is 8.08. The molecule has 88 valence electrons. The minimum atomic E-state index is 0.123. The third-order valence-corrected chi connectivity index (χ3v) is 3.15. The third-order valence-electron chi connectivity index (χ3n) is 2.43. The Morgan fingerprint density at radius 2 is 1.88 bits per heavy atom. The molecule has 0 bridgehead atoms. The van der Waals surface area contributed by atoms with Gasteiger partial charge in [-0.25, -0.2) is 0 Å². The van der Waals surface area contributed by atoms with Crippen LogP contribution in [0.4, 0.5) is 10.8 Å². The number of hydrogen-bond acceptors (Lipinski definition) is 6. The lowest BCUT2D eigenvalue weighted by Gasteiger charge is -2.04. The molecule has 0 unspecified atom stereocenters. The fraction of sp³-hybridized carbons (Fsp3) is 0.273. The Balaban J connectivity index is 2.36. The molecule has 5 nitrogen and oxygen atoms in total. The lowest BCUT2D eigenvalue weighted by Crippen LogP contribution is -1.81. The molecule has 0 amide bonds. The second-order valence-corrected chi connectivity index (χ2v) is 4.84. The van der Waals surface area contributed by atoms with E-state index in [-0.39, 0.29) is 5.75 Å². The van der Waals surface area contributed by atoms with E-state index in [1.54, 1.807) is 6.07 Å². The van der Waals surface area contributed by atoms with Crippen molar-refractivity contribution in [2.24, 2.45) is 10.2 Å². The minimum Gasteiger partial charge on any atom is -0.506 e. The summed E-state index contributed by atoms with van der Waals surface area (Å²) >= 11 is 1.36. The number of benzene rings is 1. The summed E-state index contributed by atoms with van der Waals surface area (Å²) < 4.78 is 0. The van der Waals surface area contributed by atoms with Crippen LogP contribution >= 0.6 is 11.3 Å². The van der Waals surface area contributed by atoms with Crippen LogP contribution in [0.5, 0.6) is 5.75 Å². The van der Waals surface area contributed by atoms with Gasteiger partial charge >= 0.3 is 0 Å². The van der Waals surface area contributed by atoms with Crippen LogP contribution in [0.15, 0.2) is 22.4 Å². The number of aromatic hydroxyl groups is 1. The Labute approximate surface area is 103 Å². The van der Waals surface area contributed by atoms with Gasteiger partial charge in [0.05, 0.1) is 0 Å². The van der Waals surface area contributed by atoms with Crippen molar-refractivity contribution in [3.8, 4) is 5.75 Å². The van der Waals surface area contributed by atoms with Gasteiger partial charge in [0.1, 0.15) is 16.4 Å². The standard InChI is InChI=1S/C11H12N4OS/c1-6-4-5-9(16)10(7(6)2)13-15-11-14-12-8(3)17-11/h4-5,16H,1-3H3. The molecule has 2 aromatic rings. The summed E-state index contributed by atoms with van der Waals surface area (Å²) in [6.45, 7) is 5.71. The topological polar surface area (TPSA) is 70.7 Å². The zero-order valence-electron chi connectivity index (χ0n) is 9.80. The molecule has 1 aromatic heterocycles. The molecule has 0 saturated heterocycles. The van der Waals surface area contributed by atoms with Crippen molar-refractivity contribution in [1.82, 2.24) is 10.2 Å². The summed E-state index contributed by atoms with van der Waals surface area (Å²) in [5.41, 5.74) is 2.46. The van der Waals surface area contributed by atoms with Crippen molar-refractivity contribution in [1.29, 1.82) is 0 Å². The molecule has 17 heavy (non-hydrogen) atoms. The van der Waals surface area contributed by atoms with E-state index in [1.807, 2.05) is 26.8 Å². The third kappa shape index (κ3) is 2.47. The molecule has 0 fully saturated rings. The molecule has 0 radical (unpaired) electrons. The number of aryl methyl sites for hydroxylation is 2. The highest BCUT2D eigenvalue weighted by molar-refractivity contribution is 7.14. The van der Waals surface area contributed by atoms with Gasteiger partial charge in [-0.05, 0) is 38.0 Å². The van der Waals surface area contributed by atoms with Crippen LogP contribution in [0.3, 0.4) is 0 Å². The Kier molecular flexibility index (Phi) is 3.14. The number of hydrogen-bond donors (Lipinski definition) is 1. The highest BCUT2D eigenvalue weighted by atomic mass is 32.1. The van der Waals surface area contributed by atoms with E-state index in [1.165, 1.54) is 11.3 Å². The van der Waals surface area contributed by atoms with E-state index in [2.05, 4.69) is 20.4 Å². The van der Waals surface area contributed by atoms with Gasteiger partial charge in [0.15, 0.2) is 0 Å². The highest BCUT2D eigenvalue weighted by Crippen LogP contribution is 2.33. The van der Waals surface area contributed by atoms with Gasteiger partial charge in [-0.3, -0.25) is 0 Å². The van der Waals surface area contributed by atoms with Gasteiger partial charge in [-0.1, -0.05) is 17.4 Å². The molecule has 0 atom stereocenters. The molecule has 0 aliphatic carbocycles. The lowest BCUT2D eigenvalue weighted by molar-refractivity contribution is 0.476. The molecule has 1 aromatic carbocycles. The first-order valence-corrected chi connectivity index (χ1v) is 5.90. The molecular weight excluding hydrogens is 236 g/mol. The largest absolute Gasteiger partial charge is 0.506 e. The predicted octanol–water partition coefficient (Wildman–Crippen LogP) is 3.58. The monoisotopic (exact) mass is 248 g/mol. The van der Waals surface area contributed by atoms with Crippen molar-refractivity contribution in [3.05, 3.63) is 28.3 Å². The average molecular weight is 248 g/mol. The van der Waals surface area contributed by atoms with Crippen LogP contribution in [0.1, 0.15) is 16.1 Å². The smallest absolute Gasteiger partial charge is 0.251 e. The fourth-order valence-electron chi connectivity index (χ4n) is 1.33. The van der Waals surface area contributed by atoms with Crippen LogP contribution in [0.25, 0.3) is 0 Å². The van der Waals surface area contributed by atoms with Gasteiger partial charge in [0.2, 0.25) is 0 Å². The highest BCUT2D eigenvalue weighted by Gasteiger charge is 2.06. The molecule has 2 rings (SSSR count). The summed E-state index contributed by atoms with van der Waals surface area (Å²) in [6.07, 6.45) is 0. The summed E-state index contributed by atoms with van der Waals surface area (Å²) in [5.74, 6) is 0.123. The Morgan fingerprint density at radius 1 is 1.12 bits per heavy atom. The number of phenols is 1. The van der Waals surface area contributed by atoms with Crippen molar-refractivity contribution >= 4 is 22.2 Å². The maximum absolute atomic E-state index is 9.71. The maximum atomic E-state index is 9.71. The van der Waals surface area contributed by atoms with Gasteiger partial charge in [0.25, 0.3) is 5.13 Å². The molecule has 0 spiro atoms. The summed E-state index contributed by atoms with van der Waals surface area (Å²) in [7, 11) is 0. The normalized spacial score (nSPS) is 11.2. The van der Waals surface area contributed by atoms with Gasteiger partial charge in [-0.2, -0.15) is 0 Å². The maximum Gasteiger partial charge on any atom is 0.251 e. The molecule has 1 N–H and O–H groups in total. The number of phenolic OH excluding ortho intramolecular Hbond substituents is 1. The zero-order chi connectivity index (χ0) is 12.4. The molecule has 1 heterocycles. The van der Waals surface area contributed by atoms with Gasteiger partial charge in [-0.15, -0.1) is 20.4 Å². The van der Waals surface area contributed by atoms with Crippen molar-refractivity contribution in [3.63, 3.8) is 0 Å². The van der Waals surface area contributed by atoms with E-state index in [4.69, 9.17) is 0 Å². The fourth-order valence-corrected chi connectivity index (χ4v) is 1.84. The Morgan fingerprint density at radius 3 is 2.53 bits per heavy atom. The van der Waals surface area contributed by atoms with Crippen LogP contribution < -0.4 is 0 Å². The quantitative estimate of drug-likeness (QED) is 0.825. The average Bonchev–Trinajstić information content (AvgIpc) is 2.70. The summed E-state index contributed by atoms with van der Waals surface area (Å²) in [4.78, 5) is 0. The van der Waals surface area contributed by atoms with Crippen molar-refractivity contribution in [2.45, 2.75) is 20.8 Å². The SMILES string of the molecule is Cc1nnc(N=Nc2c(O)ccc(C)c2C)s1. The van der Waals surface area contributed by atoms with E-state index >= 15 is 0 Å². The second kappa shape index (κ2) is 4.58. The lowest BCUT2D eigenvalue weighted by atomic mass is 10.1. The molecule has 0 aliphatic heterocycles. The zero-order valence-corrected chi connectivity index (χ0v) is 10.6. The van der Waals surface area contributed by atoms with Crippen molar-refractivity contribution in [2.75, 3.05) is 0 Å². The van der Waals surface area contributed by atoms with E-state index < -0.39 is 0 Å². The summed E-state index contributed by atoms with van der Waals surface area (Å²) in [5, 5.41) is 26.7. The molecular formula is C11H12N4OS. The van der Waals surface area contributed by atoms with Crippen LogP contribution in [-0.2, 0) is 0 Å². The predicted molar refractivity (Wildman–Crippen MR) is 66.4 cm³/mol. The van der Waals surface area contributed by atoms with E-state index in [0.29, 0.717) is 10.8 Å². The van der Waals surface area contributed by atoms with Gasteiger partial charge in [0, 0.05) is 0 Å². The number of nitrogens with zero attached hydrogens (tertiary/aromatic N) is 4. The molecule has 6 heteroatoms. The Hall–Kier alpha value is -1.82. The van der Waals surface area contributed by atoms with Crippen LogP contribution in [0, 0.1) is 20.8 Å². The number of azo groups is 1. The van der Waals surface area contributed by atoms with Crippen LogP contribution in [0.2, 0.25) is 0 Å². The summed E-state index contributed by atoms with van der Waals surface area (Å²) in [6, 6.07) is 3.46. The van der Waals surface area contributed by atoms with E-state index in [0.717, 1.165) is 16.1 Å². The van der Waals surface area contributed by atoms with Crippen molar-refractivity contribution < 1.29 is 5.11 Å². The second-order valence-electron chi connectivity index (χ2n) is 3.68. The van der Waals surface area contributed by atoms with E-state index in [9.17, 15) is 5.11 Å². The minimum absolute atomic E-state index is 0.123. The number of rotatable bonds is 2. The number of aromatic nitrogens is 2. The Bertz CT molecular complexity index is 577. The first kappa shape index (κ1) is 11.7. The van der Waals surface area contributed by atoms with Gasteiger partial charge < -0.3 is 5.11 Å². The molecule has 0 saturated carbocycles. The first-order valence-electron chi connectivity index (χ1n) is 5.09. The molecule has 0 aliphatic rings. The van der Waals surface area contributed by atoms with Crippen LogP contribution in [-0.4, -0.2) is 15.3 Å².